The van der Waals surface area contributed by atoms with Gasteiger partial charge in [0.25, 0.3) is 5.91 Å². The molecule has 2 unspecified atom stereocenters. The van der Waals surface area contributed by atoms with Crippen LogP contribution in [0.25, 0.3) is 0 Å². The van der Waals surface area contributed by atoms with Crippen LogP contribution < -0.4 is 14.8 Å². The van der Waals surface area contributed by atoms with Crippen molar-refractivity contribution in [1.29, 1.82) is 0 Å². The van der Waals surface area contributed by atoms with Crippen LogP contribution in [0, 0.1) is 0 Å². The molecule has 1 N–H and O–H groups in total. The summed E-state index contributed by atoms with van der Waals surface area (Å²) in [6.45, 7) is 3.84. The molecule has 8 heteroatoms. The summed E-state index contributed by atoms with van der Waals surface area (Å²) in [5, 5.41) is 3.82. The van der Waals surface area contributed by atoms with E-state index in [1.54, 1.807) is 30.2 Å². The first kappa shape index (κ1) is 28.4. The van der Waals surface area contributed by atoms with E-state index in [0.717, 1.165) is 17.5 Å². The van der Waals surface area contributed by atoms with E-state index in [1.165, 1.54) is 0 Å². The van der Waals surface area contributed by atoms with E-state index in [-0.39, 0.29) is 31.0 Å². The molecule has 0 aromatic heterocycles. The summed E-state index contributed by atoms with van der Waals surface area (Å²) in [5.41, 5.74) is 1.77. The lowest BCUT2D eigenvalue weighted by atomic mass is 10.0. The van der Waals surface area contributed by atoms with Gasteiger partial charge in [0.15, 0.2) is 6.61 Å². The van der Waals surface area contributed by atoms with Crippen LogP contribution in [0.5, 0.6) is 11.5 Å². The number of rotatable bonds is 12. The summed E-state index contributed by atoms with van der Waals surface area (Å²) < 4.78 is 11.1. The van der Waals surface area contributed by atoms with Crippen LogP contribution in [-0.4, -0.2) is 42.5 Å². The fraction of sp³-hybridized carbons (Fsp3) is 0.310. The van der Waals surface area contributed by atoms with Crippen molar-refractivity contribution >= 4 is 35.0 Å². The normalized spacial score (nSPS) is 12.4. The molecule has 0 bridgehead atoms. The number of nitrogens with one attached hydrogen (secondary N) is 1. The Balaban J connectivity index is 1.94. The quantitative estimate of drug-likeness (QED) is 0.307. The molecule has 0 fully saturated rings. The maximum atomic E-state index is 13.7. The first-order valence-corrected chi connectivity index (χ1v) is 12.9. The lowest BCUT2D eigenvalue weighted by molar-refractivity contribution is -0.143. The van der Waals surface area contributed by atoms with Gasteiger partial charge in [-0.05, 0) is 54.8 Å². The molecule has 0 saturated carbocycles. The first-order valence-electron chi connectivity index (χ1n) is 12.1. The highest BCUT2D eigenvalue weighted by Gasteiger charge is 2.31. The monoisotopic (exact) mass is 542 g/mol. The zero-order valence-electron chi connectivity index (χ0n) is 21.2. The summed E-state index contributed by atoms with van der Waals surface area (Å²) >= 11 is 12.2. The van der Waals surface area contributed by atoms with E-state index in [2.05, 4.69) is 5.32 Å². The Bertz CT molecular complexity index is 1190. The maximum Gasteiger partial charge on any atom is 0.261 e. The second kappa shape index (κ2) is 13.9. The Morgan fingerprint density at radius 2 is 1.70 bits per heavy atom. The zero-order valence-corrected chi connectivity index (χ0v) is 22.8. The Morgan fingerprint density at radius 3 is 2.38 bits per heavy atom. The molecular weight excluding hydrogens is 511 g/mol. The van der Waals surface area contributed by atoms with Gasteiger partial charge in [-0.15, -0.1) is 0 Å². The van der Waals surface area contributed by atoms with Gasteiger partial charge in [0.2, 0.25) is 5.91 Å². The molecule has 2 atom stereocenters. The third-order valence-electron chi connectivity index (χ3n) is 6.00. The number of carbonyl (C=O) groups is 2. The van der Waals surface area contributed by atoms with Gasteiger partial charge in [0.1, 0.15) is 17.5 Å². The lowest BCUT2D eigenvalue weighted by Crippen LogP contribution is -2.53. The van der Waals surface area contributed by atoms with Gasteiger partial charge in [-0.3, -0.25) is 9.59 Å². The lowest BCUT2D eigenvalue weighted by Gasteiger charge is -2.32. The van der Waals surface area contributed by atoms with Gasteiger partial charge in [-0.2, -0.15) is 0 Å². The second-order valence-corrected chi connectivity index (χ2v) is 9.60. The van der Waals surface area contributed by atoms with Crippen LogP contribution in [0.15, 0.2) is 72.8 Å². The number of hydrogen-bond acceptors (Lipinski definition) is 4. The molecule has 0 radical (unpaired) electrons. The second-order valence-electron chi connectivity index (χ2n) is 8.76. The molecule has 0 aliphatic heterocycles. The first-order chi connectivity index (χ1) is 17.8. The van der Waals surface area contributed by atoms with Crippen molar-refractivity contribution in [3.63, 3.8) is 0 Å². The number of hydrogen-bond donors (Lipinski definition) is 1. The van der Waals surface area contributed by atoms with Gasteiger partial charge in [-0.1, -0.05) is 72.6 Å². The average molecular weight is 543 g/mol. The van der Waals surface area contributed by atoms with E-state index >= 15 is 0 Å². The molecule has 0 aliphatic rings. The third kappa shape index (κ3) is 8.41. The van der Waals surface area contributed by atoms with Crippen molar-refractivity contribution < 1.29 is 19.1 Å². The highest BCUT2D eigenvalue weighted by molar-refractivity contribution is 6.35. The Hall–Kier alpha value is -3.22. The number of ether oxygens (including phenoxy) is 2. The molecule has 37 heavy (non-hydrogen) atoms. The summed E-state index contributed by atoms with van der Waals surface area (Å²) in [5.74, 6) is 0.426. The van der Waals surface area contributed by atoms with Crippen LogP contribution in [-0.2, 0) is 22.6 Å². The summed E-state index contributed by atoms with van der Waals surface area (Å²) in [6, 6.07) is 21.1. The van der Waals surface area contributed by atoms with Crippen molar-refractivity contribution in [2.45, 2.75) is 45.3 Å². The summed E-state index contributed by atoms with van der Waals surface area (Å²) in [6.07, 6.45) is 1.12. The largest absolute Gasteiger partial charge is 0.497 e. The van der Waals surface area contributed by atoms with Crippen LogP contribution in [0.4, 0.5) is 0 Å². The molecule has 0 spiro atoms. The van der Waals surface area contributed by atoms with Crippen molar-refractivity contribution in [2.75, 3.05) is 13.7 Å². The van der Waals surface area contributed by atoms with E-state index in [9.17, 15) is 9.59 Å². The highest BCUT2D eigenvalue weighted by Crippen LogP contribution is 2.28. The van der Waals surface area contributed by atoms with Crippen LogP contribution in [0.3, 0.4) is 0 Å². The topological polar surface area (TPSA) is 67.9 Å². The van der Waals surface area contributed by atoms with Gasteiger partial charge in [-0.25, -0.2) is 0 Å². The maximum absolute atomic E-state index is 13.7. The molecule has 3 rings (SSSR count). The molecule has 0 saturated heterocycles. The fourth-order valence-corrected chi connectivity index (χ4v) is 4.24. The Labute approximate surface area is 228 Å². The smallest absolute Gasteiger partial charge is 0.261 e. The third-order valence-corrected chi connectivity index (χ3v) is 6.53. The van der Waals surface area contributed by atoms with Crippen LogP contribution >= 0.6 is 23.2 Å². The number of carbonyl (C=O) groups excluding carboxylic acids is 2. The predicted octanol–water partition coefficient (Wildman–Crippen LogP) is 5.94. The van der Waals surface area contributed by atoms with Gasteiger partial charge < -0.3 is 19.7 Å². The van der Waals surface area contributed by atoms with Gasteiger partial charge in [0.05, 0.1) is 12.1 Å². The van der Waals surface area contributed by atoms with Crippen molar-refractivity contribution in [3.05, 3.63) is 94.0 Å². The molecule has 3 aromatic rings. The predicted molar refractivity (Wildman–Crippen MR) is 147 cm³/mol. The van der Waals surface area contributed by atoms with E-state index < -0.39 is 6.04 Å². The van der Waals surface area contributed by atoms with Crippen LogP contribution in [0.2, 0.25) is 10.0 Å². The summed E-state index contributed by atoms with van der Waals surface area (Å²) in [4.78, 5) is 28.8. The fourth-order valence-electron chi connectivity index (χ4n) is 3.78. The minimum atomic E-state index is -0.764. The number of methoxy groups -OCH3 is 1. The molecule has 0 aliphatic carbocycles. The molecule has 6 nitrogen and oxygen atoms in total. The zero-order chi connectivity index (χ0) is 26.8. The molecular formula is C29H32Cl2N2O4. The Morgan fingerprint density at radius 1 is 0.973 bits per heavy atom. The van der Waals surface area contributed by atoms with Crippen molar-refractivity contribution in [2.24, 2.45) is 0 Å². The minimum absolute atomic E-state index is 0.0383. The summed E-state index contributed by atoms with van der Waals surface area (Å²) in [7, 11) is 1.59. The molecule has 3 aromatic carbocycles. The Kier molecular flexibility index (Phi) is 10.7. The minimum Gasteiger partial charge on any atom is -0.497 e. The van der Waals surface area contributed by atoms with Crippen molar-refractivity contribution in [3.8, 4) is 11.5 Å². The molecule has 0 heterocycles. The molecule has 2 amide bonds. The van der Waals surface area contributed by atoms with E-state index in [1.807, 2.05) is 68.4 Å². The number of benzene rings is 3. The number of halogens is 2. The SMILES string of the molecule is CCC(C)NC(=O)C(Cc1ccccc1)N(Cc1cccc(OC)c1)C(=O)COc1ccc(Cl)cc1Cl. The van der Waals surface area contributed by atoms with Crippen LogP contribution in [0.1, 0.15) is 31.4 Å². The van der Waals surface area contributed by atoms with Crippen molar-refractivity contribution in [1.82, 2.24) is 10.2 Å². The number of amides is 2. The van der Waals surface area contributed by atoms with E-state index in [0.29, 0.717) is 28.0 Å². The van der Waals surface area contributed by atoms with Gasteiger partial charge >= 0.3 is 0 Å². The standard InChI is InChI=1S/C29H32Cl2N2O4/c1-4-20(2)32-29(35)26(16-21-9-6-5-7-10-21)33(18-22-11-8-12-24(15-22)36-3)28(34)19-37-27-14-13-23(30)17-25(27)31/h5-15,17,20,26H,4,16,18-19H2,1-3H3,(H,32,35). The van der Waals surface area contributed by atoms with Gasteiger partial charge in [0, 0.05) is 24.0 Å². The van der Waals surface area contributed by atoms with E-state index in [4.69, 9.17) is 32.7 Å². The average Bonchev–Trinajstić information content (AvgIpc) is 2.90. The number of nitrogens with zero attached hydrogens (tertiary/aromatic N) is 1. The highest BCUT2D eigenvalue weighted by atomic mass is 35.5. The molecule has 196 valence electrons.